The molecule has 1 saturated carbocycles. The molecule has 0 spiro atoms. The summed E-state index contributed by atoms with van der Waals surface area (Å²) in [6.07, 6.45) is 4.65. The number of nitriles is 1. The molecule has 39 heavy (non-hydrogen) atoms. The molecule has 2 atom stereocenters. The van der Waals surface area contributed by atoms with Crippen molar-refractivity contribution >= 4 is 36.9 Å². The summed E-state index contributed by atoms with van der Waals surface area (Å²) in [5.74, 6) is 0.489. The lowest BCUT2D eigenvalue weighted by Gasteiger charge is -2.14. The molecule has 11 nitrogen and oxygen atoms in total. The van der Waals surface area contributed by atoms with Gasteiger partial charge in [-0.1, -0.05) is 29.8 Å². The number of hydrogen-bond acceptors (Lipinski definition) is 8. The highest BCUT2D eigenvalue weighted by Gasteiger charge is 2.33. The zero-order valence-corrected chi connectivity index (χ0v) is 22.4. The molecule has 0 unspecified atom stereocenters. The fraction of sp³-hybridized carbons (Fsp3) is 0.231. The fourth-order valence-corrected chi connectivity index (χ4v) is 7.87. The monoisotopic (exact) mass is 561 g/mol. The van der Waals surface area contributed by atoms with Gasteiger partial charge in [-0.15, -0.1) is 10.2 Å². The third-order valence-electron chi connectivity index (χ3n) is 7.06. The zero-order chi connectivity index (χ0) is 27.4. The molecule has 3 heterocycles. The molecule has 2 aromatic carbocycles. The average Bonchev–Trinajstić information content (AvgIpc) is 3.66. The summed E-state index contributed by atoms with van der Waals surface area (Å²) >= 11 is 0. The van der Waals surface area contributed by atoms with E-state index < -0.39 is 20.0 Å². The molecule has 3 aromatic heterocycles. The van der Waals surface area contributed by atoms with Gasteiger partial charge in [0.1, 0.15) is 11.9 Å². The molecule has 5 aromatic rings. The second-order valence-electron chi connectivity index (χ2n) is 9.58. The Kier molecular flexibility index (Phi) is 5.98. The number of aryl methyl sites for hydroxylation is 1. The smallest absolute Gasteiger partial charge is 0.269 e. The Balaban J connectivity index is 1.32. The van der Waals surface area contributed by atoms with Crippen molar-refractivity contribution in [2.75, 3.05) is 0 Å². The number of nitrogens with one attached hydrogen (secondary N) is 1. The summed E-state index contributed by atoms with van der Waals surface area (Å²) in [7, 11) is -7.78. The predicted molar refractivity (Wildman–Crippen MR) is 142 cm³/mol. The van der Waals surface area contributed by atoms with Crippen LogP contribution in [-0.2, 0) is 20.0 Å². The minimum atomic E-state index is -3.89. The largest absolute Gasteiger partial charge is 0.274 e. The highest BCUT2D eigenvalue weighted by molar-refractivity contribution is 7.90. The van der Waals surface area contributed by atoms with Crippen molar-refractivity contribution in [2.24, 2.45) is 0 Å². The van der Waals surface area contributed by atoms with Gasteiger partial charge in [-0.05, 0) is 56.5 Å². The van der Waals surface area contributed by atoms with Gasteiger partial charge in [0.15, 0.2) is 11.3 Å². The third-order valence-corrected chi connectivity index (χ3v) is 10.3. The maximum absolute atomic E-state index is 13.4. The van der Waals surface area contributed by atoms with Crippen LogP contribution in [0.3, 0.4) is 0 Å². The normalized spacial score (nSPS) is 18.1. The number of fused-ring (bicyclic) bond motifs is 3. The molecule has 1 fully saturated rings. The second kappa shape index (κ2) is 9.26. The Bertz CT molecular complexity index is 1990. The van der Waals surface area contributed by atoms with Crippen molar-refractivity contribution in [3.05, 3.63) is 83.9 Å². The molecule has 1 aliphatic rings. The van der Waals surface area contributed by atoms with E-state index in [0.717, 1.165) is 9.54 Å². The highest BCUT2D eigenvalue weighted by atomic mass is 32.2. The van der Waals surface area contributed by atoms with Crippen LogP contribution in [0.4, 0.5) is 0 Å². The first-order chi connectivity index (χ1) is 18.7. The summed E-state index contributed by atoms with van der Waals surface area (Å²) in [5.41, 5.74) is 2.28. The molecule has 0 amide bonds. The standard InChI is InChI=1S/C26H23N7O4S2/c1-17-6-10-21(11-7-17)39(36,37)32-13-12-22-26(32)28-16-24-29-30-25(33(22)24)18-8-9-20(14-18)31-38(34,35)23-5-3-2-4-19(23)15-27/h2-7,10-13,16,18,20,31H,8-9,14H2,1H3/t18-,20+/m1/s1. The van der Waals surface area contributed by atoms with Crippen LogP contribution in [0.2, 0.25) is 0 Å². The van der Waals surface area contributed by atoms with Gasteiger partial charge in [0, 0.05) is 18.2 Å². The van der Waals surface area contributed by atoms with Crippen LogP contribution in [0.15, 0.2) is 76.8 Å². The summed E-state index contributed by atoms with van der Waals surface area (Å²) in [4.78, 5) is 4.48. The van der Waals surface area contributed by atoms with Crippen LogP contribution < -0.4 is 4.72 Å². The second-order valence-corrected chi connectivity index (χ2v) is 13.1. The molecule has 0 saturated heterocycles. The van der Waals surface area contributed by atoms with E-state index in [-0.39, 0.29) is 33.0 Å². The van der Waals surface area contributed by atoms with Gasteiger partial charge in [0.05, 0.1) is 27.1 Å². The van der Waals surface area contributed by atoms with Crippen molar-refractivity contribution < 1.29 is 16.8 Å². The predicted octanol–water partition coefficient (Wildman–Crippen LogP) is 3.11. The molecular weight excluding hydrogens is 538 g/mol. The summed E-state index contributed by atoms with van der Waals surface area (Å²) in [6, 6.07) is 15.9. The summed E-state index contributed by atoms with van der Waals surface area (Å²) in [6.45, 7) is 1.89. The molecule has 1 N–H and O–H groups in total. The lowest BCUT2D eigenvalue weighted by Crippen LogP contribution is -2.33. The first kappa shape index (κ1) is 25.2. The summed E-state index contributed by atoms with van der Waals surface area (Å²) in [5, 5.41) is 17.9. The Labute approximate surface area is 224 Å². The lowest BCUT2D eigenvalue weighted by atomic mass is 10.1. The molecule has 198 valence electrons. The highest BCUT2D eigenvalue weighted by Crippen LogP contribution is 2.35. The van der Waals surface area contributed by atoms with Gasteiger partial charge >= 0.3 is 0 Å². The molecule has 13 heteroatoms. The van der Waals surface area contributed by atoms with Crippen molar-refractivity contribution in [3.8, 4) is 6.07 Å². The quantitative estimate of drug-likeness (QED) is 0.332. The van der Waals surface area contributed by atoms with E-state index in [9.17, 15) is 22.1 Å². The first-order valence-electron chi connectivity index (χ1n) is 12.2. The van der Waals surface area contributed by atoms with Gasteiger partial charge in [0.25, 0.3) is 10.0 Å². The number of benzene rings is 2. The van der Waals surface area contributed by atoms with Crippen molar-refractivity contribution in [2.45, 2.75) is 47.9 Å². The third kappa shape index (κ3) is 4.26. The number of rotatable bonds is 6. The van der Waals surface area contributed by atoms with E-state index in [2.05, 4.69) is 19.9 Å². The molecule has 0 radical (unpaired) electrons. The van der Waals surface area contributed by atoms with Gasteiger partial charge in [-0.25, -0.2) is 30.5 Å². The maximum atomic E-state index is 13.4. The van der Waals surface area contributed by atoms with Crippen LogP contribution in [0, 0.1) is 18.3 Å². The van der Waals surface area contributed by atoms with E-state index in [0.29, 0.717) is 36.3 Å². The fourth-order valence-electron chi connectivity index (χ4n) is 5.13. The van der Waals surface area contributed by atoms with E-state index >= 15 is 0 Å². The maximum Gasteiger partial charge on any atom is 0.269 e. The van der Waals surface area contributed by atoms with Crippen molar-refractivity contribution in [1.82, 2.24) is 28.3 Å². The molecule has 0 aliphatic heterocycles. The molecule has 0 bridgehead atoms. The van der Waals surface area contributed by atoms with Crippen LogP contribution in [0.5, 0.6) is 0 Å². The van der Waals surface area contributed by atoms with E-state index in [1.807, 2.05) is 13.0 Å². The molecule has 6 rings (SSSR count). The Morgan fingerprint density at radius 1 is 1.00 bits per heavy atom. The Morgan fingerprint density at radius 2 is 1.77 bits per heavy atom. The van der Waals surface area contributed by atoms with Crippen LogP contribution in [-0.4, -0.2) is 46.4 Å². The summed E-state index contributed by atoms with van der Waals surface area (Å²) < 4.78 is 58.4. The lowest BCUT2D eigenvalue weighted by molar-refractivity contribution is 0.546. The minimum absolute atomic E-state index is 0.0483. The van der Waals surface area contributed by atoms with Crippen LogP contribution in [0.1, 0.15) is 42.1 Å². The van der Waals surface area contributed by atoms with Gasteiger partial charge in [0.2, 0.25) is 10.0 Å². The SMILES string of the molecule is Cc1ccc(S(=O)(=O)n2ccc3c2ncc2nnc([C@@H]4CC[C@H](NS(=O)(=O)c5ccccc5C#N)C4)n23)cc1. The van der Waals surface area contributed by atoms with Gasteiger partial charge < -0.3 is 0 Å². The van der Waals surface area contributed by atoms with Gasteiger partial charge in [-0.2, -0.15) is 5.26 Å². The Hall–Kier alpha value is -4.12. The number of aromatic nitrogens is 5. The topological polar surface area (TPSA) is 152 Å². The van der Waals surface area contributed by atoms with E-state index in [4.69, 9.17) is 0 Å². The Morgan fingerprint density at radius 3 is 2.54 bits per heavy atom. The van der Waals surface area contributed by atoms with Gasteiger partial charge in [-0.3, -0.25) is 4.40 Å². The average molecular weight is 562 g/mol. The van der Waals surface area contributed by atoms with Crippen LogP contribution >= 0.6 is 0 Å². The first-order valence-corrected chi connectivity index (χ1v) is 15.2. The van der Waals surface area contributed by atoms with Crippen molar-refractivity contribution in [1.29, 1.82) is 5.26 Å². The van der Waals surface area contributed by atoms with E-state index in [1.165, 1.54) is 24.5 Å². The minimum Gasteiger partial charge on any atom is -0.274 e. The number of hydrogen-bond donors (Lipinski definition) is 1. The van der Waals surface area contributed by atoms with E-state index in [1.54, 1.807) is 46.9 Å². The van der Waals surface area contributed by atoms with Crippen LogP contribution in [0.25, 0.3) is 16.8 Å². The molecule has 1 aliphatic carbocycles. The van der Waals surface area contributed by atoms with Crippen molar-refractivity contribution in [3.63, 3.8) is 0 Å². The molecular formula is C26H23N7O4S2. The zero-order valence-electron chi connectivity index (χ0n) is 20.8. The number of nitrogens with zero attached hydrogens (tertiary/aromatic N) is 6. The number of sulfonamides is 1.